The third-order valence-corrected chi connectivity index (χ3v) is 4.25. The molecule has 10 heteroatoms. The van der Waals surface area contributed by atoms with Gasteiger partial charge in [0.05, 0.1) is 13.3 Å². The maximum absolute atomic E-state index is 12.1. The molecule has 0 aromatic heterocycles. The van der Waals surface area contributed by atoms with E-state index in [9.17, 15) is 14.4 Å². The number of benzene rings is 2. The first-order valence-corrected chi connectivity index (χ1v) is 10.2. The number of rotatable bonds is 11. The van der Waals surface area contributed by atoms with Gasteiger partial charge in [0.1, 0.15) is 0 Å². The molecule has 0 aliphatic heterocycles. The maximum atomic E-state index is 12.1. The first kappa shape index (κ1) is 25.3. The summed E-state index contributed by atoms with van der Waals surface area (Å²) in [6, 6.07) is 12.3. The Morgan fingerprint density at radius 1 is 1.03 bits per heavy atom. The van der Waals surface area contributed by atoms with E-state index in [1.165, 1.54) is 13.3 Å². The molecule has 2 aromatic carbocycles. The number of methoxy groups -OCH3 is 2. The van der Waals surface area contributed by atoms with Gasteiger partial charge >= 0.3 is 11.8 Å². The largest absolute Gasteiger partial charge is 0.493 e. The van der Waals surface area contributed by atoms with Gasteiger partial charge in [0.15, 0.2) is 18.1 Å². The van der Waals surface area contributed by atoms with Crippen molar-refractivity contribution in [3.8, 4) is 11.5 Å². The number of hydrogen-bond donors (Lipinski definition) is 3. The van der Waals surface area contributed by atoms with Gasteiger partial charge in [-0.1, -0.05) is 12.1 Å². The van der Waals surface area contributed by atoms with Crippen LogP contribution in [-0.4, -0.2) is 57.9 Å². The maximum Gasteiger partial charge on any atom is 0.329 e. The van der Waals surface area contributed by atoms with Crippen LogP contribution in [0.25, 0.3) is 0 Å². The Kier molecular flexibility index (Phi) is 10.4. The average Bonchev–Trinajstić information content (AvgIpc) is 2.80. The number of anilines is 1. The fourth-order valence-electron chi connectivity index (χ4n) is 2.66. The summed E-state index contributed by atoms with van der Waals surface area (Å²) in [5.41, 5.74) is 4.46. The van der Waals surface area contributed by atoms with E-state index in [-0.39, 0.29) is 12.5 Å². The molecule has 10 nitrogen and oxygen atoms in total. The minimum absolute atomic E-state index is 0.201. The normalized spacial score (nSPS) is 10.5. The van der Waals surface area contributed by atoms with Crippen LogP contribution in [-0.2, 0) is 19.1 Å². The fourth-order valence-corrected chi connectivity index (χ4v) is 2.66. The summed E-state index contributed by atoms with van der Waals surface area (Å²) in [4.78, 5) is 35.5. The molecule has 0 aliphatic rings. The molecule has 0 bridgehead atoms. The molecule has 0 atom stereocenters. The van der Waals surface area contributed by atoms with Crippen molar-refractivity contribution < 1.29 is 28.6 Å². The highest BCUT2D eigenvalue weighted by atomic mass is 16.5. The lowest BCUT2D eigenvalue weighted by Crippen LogP contribution is -2.38. The summed E-state index contributed by atoms with van der Waals surface area (Å²) in [5, 5.41) is 8.99. The van der Waals surface area contributed by atoms with Crippen LogP contribution in [0.5, 0.6) is 11.5 Å². The second kappa shape index (κ2) is 13.5. The summed E-state index contributed by atoms with van der Waals surface area (Å²) in [6.45, 7) is 2.55. The van der Waals surface area contributed by atoms with E-state index >= 15 is 0 Å². The van der Waals surface area contributed by atoms with Crippen molar-refractivity contribution in [1.82, 2.24) is 10.7 Å². The zero-order valence-corrected chi connectivity index (χ0v) is 18.8. The number of nitrogens with one attached hydrogen (secondary N) is 3. The van der Waals surface area contributed by atoms with E-state index in [4.69, 9.17) is 14.2 Å². The number of amides is 3. The second-order valence-corrected chi connectivity index (χ2v) is 6.92. The molecule has 0 fully saturated rings. The number of nitrogens with zero attached hydrogens (tertiary/aromatic N) is 1. The monoisotopic (exact) mass is 456 g/mol. The Balaban J connectivity index is 1.86. The zero-order chi connectivity index (χ0) is 24.1. The number of carbonyl (C=O) groups is 3. The first-order valence-electron chi connectivity index (χ1n) is 10.2. The third-order valence-electron chi connectivity index (χ3n) is 4.25. The quantitative estimate of drug-likeness (QED) is 0.204. The smallest absolute Gasteiger partial charge is 0.329 e. The summed E-state index contributed by atoms with van der Waals surface area (Å²) < 4.78 is 15.7. The molecule has 2 rings (SSSR count). The van der Waals surface area contributed by atoms with Crippen molar-refractivity contribution in [3.05, 3.63) is 53.6 Å². The molecule has 0 unspecified atom stereocenters. The highest BCUT2D eigenvalue weighted by molar-refractivity contribution is 6.35. The Labute approximate surface area is 192 Å². The minimum atomic E-state index is -0.879. The van der Waals surface area contributed by atoms with Gasteiger partial charge in [-0.15, -0.1) is 0 Å². The Morgan fingerprint density at radius 3 is 2.58 bits per heavy atom. The van der Waals surface area contributed by atoms with E-state index in [1.807, 2.05) is 25.1 Å². The number of carbonyl (C=O) groups excluding carboxylic acids is 3. The van der Waals surface area contributed by atoms with Gasteiger partial charge in [-0.25, -0.2) is 5.43 Å². The van der Waals surface area contributed by atoms with Crippen LogP contribution in [0.3, 0.4) is 0 Å². The van der Waals surface area contributed by atoms with Crippen LogP contribution in [0.2, 0.25) is 0 Å². The van der Waals surface area contributed by atoms with Gasteiger partial charge in [-0.2, -0.15) is 5.10 Å². The molecule has 0 aliphatic carbocycles. The topological polar surface area (TPSA) is 127 Å². The fraction of sp³-hybridized carbons (Fsp3) is 0.304. The first-order chi connectivity index (χ1) is 15.9. The van der Waals surface area contributed by atoms with Gasteiger partial charge in [-0.05, 0) is 54.8 Å². The van der Waals surface area contributed by atoms with Crippen LogP contribution >= 0.6 is 0 Å². The van der Waals surface area contributed by atoms with E-state index in [1.54, 1.807) is 31.4 Å². The van der Waals surface area contributed by atoms with Gasteiger partial charge in [0, 0.05) is 25.9 Å². The predicted octanol–water partition coefficient (Wildman–Crippen LogP) is 1.62. The van der Waals surface area contributed by atoms with E-state index < -0.39 is 11.8 Å². The van der Waals surface area contributed by atoms with Crippen molar-refractivity contribution in [3.63, 3.8) is 0 Å². The molecule has 33 heavy (non-hydrogen) atoms. The summed E-state index contributed by atoms with van der Waals surface area (Å²) in [7, 11) is 3.02. The summed E-state index contributed by atoms with van der Waals surface area (Å²) in [6.07, 6.45) is 1.95. The molecule has 0 saturated carbocycles. The van der Waals surface area contributed by atoms with Crippen LogP contribution in [0, 0.1) is 6.92 Å². The van der Waals surface area contributed by atoms with E-state index in [0.29, 0.717) is 42.3 Å². The van der Waals surface area contributed by atoms with Crippen LogP contribution < -0.4 is 25.5 Å². The van der Waals surface area contributed by atoms with Crippen LogP contribution in [0.15, 0.2) is 47.6 Å². The number of hydrazone groups is 1. The summed E-state index contributed by atoms with van der Waals surface area (Å²) >= 11 is 0. The van der Waals surface area contributed by atoms with Crippen molar-refractivity contribution in [2.75, 3.05) is 39.3 Å². The average molecular weight is 456 g/mol. The Hall–Kier alpha value is -3.92. The molecule has 0 saturated heterocycles. The van der Waals surface area contributed by atoms with Crippen LogP contribution in [0.4, 0.5) is 5.69 Å². The van der Waals surface area contributed by atoms with Gasteiger partial charge in [0.2, 0.25) is 0 Å². The van der Waals surface area contributed by atoms with Gasteiger partial charge < -0.3 is 24.8 Å². The summed E-state index contributed by atoms with van der Waals surface area (Å²) in [5.74, 6) is -1.22. The van der Waals surface area contributed by atoms with E-state index in [0.717, 1.165) is 5.56 Å². The molecule has 0 radical (unpaired) electrons. The number of aryl methyl sites for hydroxylation is 1. The molecule has 176 valence electrons. The standard InChI is InChI=1S/C23H28N4O6/c1-16-6-4-7-18(12-16)26-21(28)15-33-19-9-8-17(13-20(19)32-3)14-25-27-23(30)22(29)24-10-5-11-31-2/h4,6-9,12-14H,5,10-11,15H2,1-3H3,(H,24,29)(H,26,28)(H,27,30)/b25-14-. The zero-order valence-electron chi connectivity index (χ0n) is 18.8. The molecule has 3 amide bonds. The molecule has 0 heterocycles. The van der Waals surface area contributed by atoms with Crippen molar-refractivity contribution in [2.45, 2.75) is 13.3 Å². The highest BCUT2D eigenvalue weighted by Gasteiger charge is 2.12. The second-order valence-electron chi connectivity index (χ2n) is 6.92. The number of hydrogen-bond acceptors (Lipinski definition) is 7. The molecule has 2 aromatic rings. The van der Waals surface area contributed by atoms with Gasteiger partial charge in [0.25, 0.3) is 5.91 Å². The third kappa shape index (κ3) is 8.99. The SMILES string of the molecule is COCCCNC(=O)C(=O)N/N=C\c1ccc(OCC(=O)Nc2cccc(C)c2)c(OC)c1. The van der Waals surface area contributed by atoms with Crippen molar-refractivity contribution >= 4 is 29.6 Å². The highest BCUT2D eigenvalue weighted by Crippen LogP contribution is 2.27. The lowest BCUT2D eigenvalue weighted by molar-refractivity contribution is -0.139. The Morgan fingerprint density at radius 2 is 1.85 bits per heavy atom. The predicted molar refractivity (Wildman–Crippen MR) is 124 cm³/mol. The molecular formula is C23H28N4O6. The molecular weight excluding hydrogens is 428 g/mol. The van der Waals surface area contributed by atoms with Gasteiger partial charge in [-0.3, -0.25) is 14.4 Å². The van der Waals surface area contributed by atoms with E-state index in [2.05, 4.69) is 21.2 Å². The molecule has 0 spiro atoms. The lowest BCUT2D eigenvalue weighted by atomic mass is 10.2. The molecule has 3 N–H and O–H groups in total. The van der Waals surface area contributed by atoms with Crippen LogP contribution in [0.1, 0.15) is 17.5 Å². The lowest BCUT2D eigenvalue weighted by Gasteiger charge is -2.11. The number of ether oxygens (including phenoxy) is 3. The Bertz CT molecular complexity index is 993. The van der Waals surface area contributed by atoms with Crippen molar-refractivity contribution in [1.29, 1.82) is 0 Å². The minimum Gasteiger partial charge on any atom is -0.493 e. The van der Waals surface area contributed by atoms with Crippen molar-refractivity contribution in [2.24, 2.45) is 5.10 Å².